The summed E-state index contributed by atoms with van der Waals surface area (Å²) in [5.41, 5.74) is -0.666. The summed E-state index contributed by atoms with van der Waals surface area (Å²) in [6, 6.07) is 6.88. The molecular formula is C25H35N3O3. The van der Waals surface area contributed by atoms with E-state index in [2.05, 4.69) is 38.2 Å². The molecule has 1 unspecified atom stereocenters. The summed E-state index contributed by atoms with van der Waals surface area (Å²) in [5, 5.41) is 3.47. The number of benzene rings is 1. The molecule has 1 aliphatic rings. The van der Waals surface area contributed by atoms with E-state index in [4.69, 9.17) is 9.72 Å². The van der Waals surface area contributed by atoms with Gasteiger partial charge in [-0.05, 0) is 64.5 Å². The molecule has 6 nitrogen and oxygen atoms in total. The monoisotopic (exact) mass is 425 g/mol. The topological polar surface area (TPSA) is 73.2 Å². The molecule has 1 aromatic carbocycles. The van der Waals surface area contributed by atoms with Crippen LogP contribution in [0.15, 0.2) is 41.2 Å². The maximum absolute atomic E-state index is 13.8. The second-order valence-electron chi connectivity index (χ2n) is 10.1. The van der Waals surface area contributed by atoms with Gasteiger partial charge in [0.2, 0.25) is 0 Å². The zero-order valence-electron chi connectivity index (χ0n) is 19.8. The average Bonchev–Trinajstić information content (AvgIpc) is 2.67. The Kier molecular flexibility index (Phi) is 6.05. The number of carbonyl (C=O) groups is 1. The van der Waals surface area contributed by atoms with Crippen LogP contribution in [0, 0.1) is 5.41 Å². The predicted octanol–water partition coefficient (Wildman–Crippen LogP) is 5.46. The van der Waals surface area contributed by atoms with Gasteiger partial charge in [-0.15, -0.1) is 0 Å². The maximum atomic E-state index is 13.8. The fraction of sp³-hybridized carbons (Fsp3) is 0.560. The minimum atomic E-state index is -0.610. The number of para-hydroxylation sites is 1. The van der Waals surface area contributed by atoms with Crippen LogP contribution in [0.4, 0.5) is 4.79 Å². The van der Waals surface area contributed by atoms with Gasteiger partial charge in [-0.1, -0.05) is 45.1 Å². The molecule has 1 N–H and O–H groups in total. The van der Waals surface area contributed by atoms with Crippen molar-refractivity contribution in [2.75, 3.05) is 0 Å². The second-order valence-corrected chi connectivity index (χ2v) is 10.1. The molecule has 2 atom stereocenters. The molecule has 6 heteroatoms. The van der Waals surface area contributed by atoms with Gasteiger partial charge in [0.05, 0.1) is 22.5 Å². The number of amides is 1. The lowest BCUT2D eigenvalue weighted by Crippen LogP contribution is -2.59. The molecular weight excluding hydrogens is 390 g/mol. The molecule has 0 spiro atoms. The van der Waals surface area contributed by atoms with Gasteiger partial charge >= 0.3 is 6.09 Å². The van der Waals surface area contributed by atoms with Gasteiger partial charge in [0.1, 0.15) is 11.4 Å². The van der Waals surface area contributed by atoms with Crippen molar-refractivity contribution >= 4 is 17.0 Å². The van der Waals surface area contributed by atoms with Crippen molar-refractivity contribution < 1.29 is 9.53 Å². The molecule has 3 rings (SSSR count). The quantitative estimate of drug-likeness (QED) is 0.645. The molecule has 2 aromatic rings. The predicted molar refractivity (Wildman–Crippen MR) is 124 cm³/mol. The molecule has 168 valence electrons. The van der Waals surface area contributed by atoms with Crippen molar-refractivity contribution in [2.24, 2.45) is 5.41 Å². The summed E-state index contributed by atoms with van der Waals surface area (Å²) < 4.78 is 7.27. The normalized spacial score (nSPS) is 21.6. The van der Waals surface area contributed by atoms with E-state index in [-0.39, 0.29) is 11.0 Å². The standard InChI is InChI=1S/C25H35N3O3/c1-8-9-14-25(16-15-24(25,6)7)28-20(17(2)26-22(30)31-23(3,4)5)27-19-13-11-10-12-18(19)21(28)29/h9-14,17H,8,15-16H2,1-7H3,(H,26,30)/b14-9-/t17-,25?/m0/s1. The molecule has 31 heavy (non-hydrogen) atoms. The van der Waals surface area contributed by atoms with Crippen LogP contribution in [-0.4, -0.2) is 21.2 Å². The highest BCUT2D eigenvalue weighted by molar-refractivity contribution is 5.77. The number of allylic oxidation sites excluding steroid dienone is 2. The molecule has 1 fully saturated rings. The average molecular weight is 426 g/mol. The third-order valence-electron chi connectivity index (χ3n) is 6.25. The zero-order valence-corrected chi connectivity index (χ0v) is 19.8. The lowest BCUT2D eigenvalue weighted by Gasteiger charge is -2.56. The fourth-order valence-electron chi connectivity index (χ4n) is 4.37. The highest BCUT2D eigenvalue weighted by atomic mass is 16.6. The molecule has 1 amide bonds. The minimum absolute atomic E-state index is 0.0769. The van der Waals surface area contributed by atoms with E-state index < -0.39 is 23.3 Å². The van der Waals surface area contributed by atoms with Gasteiger partial charge in [0.25, 0.3) is 5.56 Å². The molecule has 0 aliphatic heterocycles. The van der Waals surface area contributed by atoms with E-state index in [1.54, 1.807) is 0 Å². The molecule has 0 bridgehead atoms. The highest BCUT2D eigenvalue weighted by Crippen LogP contribution is 2.55. The van der Waals surface area contributed by atoms with Crippen molar-refractivity contribution in [1.29, 1.82) is 0 Å². The summed E-state index contributed by atoms with van der Waals surface area (Å²) in [7, 11) is 0. The SMILES string of the molecule is CC/C=C\C1(n2c([C@H](C)NC(=O)OC(C)(C)C)nc3ccccc3c2=O)CCC1(C)C. The second kappa shape index (κ2) is 8.13. The number of ether oxygens (including phenoxy) is 1. The van der Waals surface area contributed by atoms with Crippen molar-refractivity contribution in [2.45, 2.75) is 84.9 Å². The van der Waals surface area contributed by atoms with Crippen LogP contribution in [0.5, 0.6) is 0 Å². The number of hydrogen-bond donors (Lipinski definition) is 1. The van der Waals surface area contributed by atoms with Gasteiger partial charge in [-0.3, -0.25) is 9.36 Å². The largest absolute Gasteiger partial charge is 0.444 e. The molecule has 1 heterocycles. The van der Waals surface area contributed by atoms with E-state index in [9.17, 15) is 9.59 Å². The van der Waals surface area contributed by atoms with Gasteiger partial charge in [-0.2, -0.15) is 0 Å². The molecule has 1 aliphatic carbocycles. The van der Waals surface area contributed by atoms with E-state index in [0.717, 1.165) is 19.3 Å². The Hall–Kier alpha value is -2.63. The molecule has 1 aromatic heterocycles. The first-order valence-corrected chi connectivity index (χ1v) is 11.1. The van der Waals surface area contributed by atoms with Crippen molar-refractivity contribution in [3.8, 4) is 0 Å². The Balaban J connectivity index is 2.20. The van der Waals surface area contributed by atoms with Crippen molar-refractivity contribution in [1.82, 2.24) is 14.9 Å². The van der Waals surface area contributed by atoms with Gasteiger partial charge in [-0.25, -0.2) is 9.78 Å². The number of hydrogen-bond acceptors (Lipinski definition) is 4. The number of nitrogens with zero attached hydrogens (tertiary/aromatic N) is 2. The van der Waals surface area contributed by atoms with Crippen LogP contribution in [0.3, 0.4) is 0 Å². The van der Waals surface area contributed by atoms with Gasteiger partial charge in [0, 0.05) is 0 Å². The molecule has 0 saturated heterocycles. The molecule has 0 radical (unpaired) electrons. The Morgan fingerprint density at radius 2 is 1.97 bits per heavy atom. The van der Waals surface area contributed by atoms with Crippen molar-refractivity contribution in [3.05, 3.63) is 52.6 Å². The third-order valence-corrected chi connectivity index (χ3v) is 6.25. The van der Waals surface area contributed by atoms with E-state index in [0.29, 0.717) is 16.7 Å². The van der Waals surface area contributed by atoms with Crippen LogP contribution in [-0.2, 0) is 10.3 Å². The van der Waals surface area contributed by atoms with Crippen LogP contribution in [0.2, 0.25) is 0 Å². The van der Waals surface area contributed by atoms with E-state index in [1.807, 2.05) is 56.5 Å². The van der Waals surface area contributed by atoms with Crippen LogP contribution >= 0.6 is 0 Å². The Morgan fingerprint density at radius 3 is 2.52 bits per heavy atom. The summed E-state index contributed by atoms with van der Waals surface area (Å²) in [5.74, 6) is 0.545. The first-order valence-electron chi connectivity index (χ1n) is 11.1. The number of fused-ring (bicyclic) bond motifs is 1. The van der Waals surface area contributed by atoms with Gasteiger partial charge in [0.15, 0.2) is 0 Å². The zero-order chi connectivity index (χ0) is 23.0. The number of aromatic nitrogens is 2. The molecule has 1 saturated carbocycles. The summed E-state index contributed by atoms with van der Waals surface area (Å²) in [6.45, 7) is 13.8. The van der Waals surface area contributed by atoms with E-state index in [1.165, 1.54) is 0 Å². The van der Waals surface area contributed by atoms with Crippen LogP contribution in [0.25, 0.3) is 10.9 Å². The Morgan fingerprint density at radius 1 is 1.29 bits per heavy atom. The van der Waals surface area contributed by atoms with E-state index >= 15 is 0 Å². The first kappa shape index (κ1) is 23.0. The highest BCUT2D eigenvalue weighted by Gasteiger charge is 2.54. The summed E-state index contributed by atoms with van der Waals surface area (Å²) in [4.78, 5) is 31.1. The maximum Gasteiger partial charge on any atom is 0.408 e. The lowest BCUT2D eigenvalue weighted by molar-refractivity contribution is -0.000883. The van der Waals surface area contributed by atoms with Gasteiger partial charge < -0.3 is 10.1 Å². The minimum Gasteiger partial charge on any atom is -0.444 e. The Bertz CT molecular complexity index is 1060. The Labute approximate surface area is 184 Å². The van der Waals surface area contributed by atoms with Crippen LogP contribution < -0.4 is 10.9 Å². The smallest absolute Gasteiger partial charge is 0.408 e. The number of rotatable bonds is 5. The number of alkyl carbamates (subject to hydrolysis) is 1. The van der Waals surface area contributed by atoms with Crippen molar-refractivity contribution in [3.63, 3.8) is 0 Å². The third kappa shape index (κ3) is 4.25. The lowest BCUT2D eigenvalue weighted by atomic mass is 9.56. The first-order chi connectivity index (χ1) is 14.4. The number of nitrogens with one attached hydrogen (secondary N) is 1. The van der Waals surface area contributed by atoms with Crippen LogP contribution in [0.1, 0.15) is 79.6 Å². The number of carbonyl (C=O) groups excluding carboxylic acids is 1. The fourth-order valence-corrected chi connectivity index (χ4v) is 4.37. The summed E-state index contributed by atoms with van der Waals surface area (Å²) in [6.07, 6.45) is 6.50. The summed E-state index contributed by atoms with van der Waals surface area (Å²) >= 11 is 0.